The molecule has 1 heterocycles. The number of nitrogens with zero attached hydrogens (tertiary/aromatic N) is 1. The second kappa shape index (κ2) is 5.74. The van der Waals surface area contributed by atoms with E-state index in [1.165, 1.54) is 6.07 Å². The van der Waals surface area contributed by atoms with E-state index in [9.17, 15) is 4.39 Å². The first kappa shape index (κ1) is 14.7. The first-order valence-electron chi connectivity index (χ1n) is 6.13. The Balaban J connectivity index is 0.00000147. The van der Waals surface area contributed by atoms with Gasteiger partial charge in [0.25, 0.3) is 0 Å². The third-order valence-corrected chi connectivity index (χ3v) is 3.31. The summed E-state index contributed by atoms with van der Waals surface area (Å²) in [6.45, 7) is 5.68. The van der Waals surface area contributed by atoms with Crippen LogP contribution in [0.1, 0.15) is 11.1 Å². The number of aromatic nitrogens is 1. The van der Waals surface area contributed by atoms with Crippen molar-refractivity contribution < 1.29 is 24.5 Å². The summed E-state index contributed by atoms with van der Waals surface area (Å²) in [4.78, 5) is 4.45. The molecule has 1 radical (unpaired) electrons. The Kier molecular flexibility index (Phi) is 4.22. The molecular weight excluding hydrogens is 429 g/mol. The Morgan fingerprint density at radius 2 is 1.85 bits per heavy atom. The zero-order valence-corrected chi connectivity index (χ0v) is 13.4. The number of benzene rings is 2. The molecule has 3 aromatic rings. The standard InChI is InChI=1S/C17H13FN.Ir/c1-11-10-16(18)12(2)9-15(11)17-14-6-4-3-5-13(14)7-8-19-17;/h3-10H,1H2,2H3;/q-1;. The first-order chi connectivity index (χ1) is 9.16. The second-order valence-electron chi connectivity index (χ2n) is 4.64. The molecule has 103 valence electrons. The van der Waals surface area contributed by atoms with E-state index in [0.29, 0.717) is 11.1 Å². The summed E-state index contributed by atoms with van der Waals surface area (Å²) in [5.41, 5.74) is 3.01. The number of hydrogen-bond donors (Lipinski definition) is 0. The minimum atomic E-state index is -0.228. The molecular formula is C17H13FIrN-. The Morgan fingerprint density at radius 1 is 1.10 bits per heavy atom. The molecule has 1 aromatic heterocycles. The van der Waals surface area contributed by atoms with Gasteiger partial charge in [-0.1, -0.05) is 24.3 Å². The molecule has 0 saturated carbocycles. The number of rotatable bonds is 1. The van der Waals surface area contributed by atoms with Crippen LogP contribution in [-0.2, 0) is 20.1 Å². The predicted octanol–water partition coefficient (Wildman–Crippen LogP) is 4.53. The van der Waals surface area contributed by atoms with Crippen molar-refractivity contribution in [2.75, 3.05) is 0 Å². The van der Waals surface area contributed by atoms with Crippen molar-refractivity contribution in [3.8, 4) is 11.3 Å². The summed E-state index contributed by atoms with van der Waals surface area (Å²) in [6, 6.07) is 13.3. The molecule has 1 nitrogen and oxygen atoms in total. The molecule has 0 fully saturated rings. The third kappa shape index (κ3) is 2.47. The van der Waals surface area contributed by atoms with E-state index < -0.39 is 0 Å². The Labute approximate surface area is 131 Å². The summed E-state index contributed by atoms with van der Waals surface area (Å²) in [5.74, 6) is -0.228. The Hall–Kier alpha value is -1.70. The number of hydrogen-bond acceptors (Lipinski definition) is 1. The maximum Gasteiger partial charge on any atom is 0.0707 e. The van der Waals surface area contributed by atoms with Crippen molar-refractivity contribution in [1.82, 2.24) is 4.98 Å². The van der Waals surface area contributed by atoms with Gasteiger partial charge in [0.15, 0.2) is 0 Å². The van der Waals surface area contributed by atoms with Crippen LogP contribution in [0.3, 0.4) is 0 Å². The van der Waals surface area contributed by atoms with Crippen LogP contribution in [0.4, 0.5) is 4.39 Å². The van der Waals surface area contributed by atoms with E-state index in [4.69, 9.17) is 0 Å². The van der Waals surface area contributed by atoms with E-state index >= 15 is 0 Å². The molecule has 0 atom stereocenters. The van der Waals surface area contributed by atoms with Crippen LogP contribution in [0.2, 0.25) is 0 Å². The summed E-state index contributed by atoms with van der Waals surface area (Å²) < 4.78 is 13.5. The van der Waals surface area contributed by atoms with Crippen LogP contribution >= 0.6 is 0 Å². The summed E-state index contributed by atoms with van der Waals surface area (Å²) in [7, 11) is 0. The molecule has 0 spiro atoms. The quantitative estimate of drug-likeness (QED) is 0.505. The first-order valence-corrected chi connectivity index (χ1v) is 6.13. The van der Waals surface area contributed by atoms with Gasteiger partial charge < -0.3 is 0 Å². The number of halogens is 1. The summed E-state index contributed by atoms with van der Waals surface area (Å²) in [6.07, 6.45) is 1.77. The van der Waals surface area contributed by atoms with Gasteiger partial charge in [0.05, 0.1) is 5.82 Å². The predicted molar refractivity (Wildman–Crippen MR) is 76.3 cm³/mol. The minimum Gasteiger partial charge on any atom is -0.269 e. The SMILES string of the molecule is [CH2-]c1cc(F)c(C)cc1-c1nccc2ccccc12.[Ir]. The summed E-state index contributed by atoms with van der Waals surface area (Å²) >= 11 is 0. The number of pyridine rings is 1. The van der Waals surface area contributed by atoms with Gasteiger partial charge in [-0.3, -0.25) is 4.98 Å². The van der Waals surface area contributed by atoms with E-state index in [1.54, 1.807) is 13.1 Å². The van der Waals surface area contributed by atoms with Crippen molar-refractivity contribution in [2.24, 2.45) is 0 Å². The fraction of sp³-hybridized carbons (Fsp3) is 0.0588. The molecule has 3 heteroatoms. The van der Waals surface area contributed by atoms with E-state index in [0.717, 1.165) is 22.0 Å². The van der Waals surface area contributed by atoms with Crippen LogP contribution in [0.5, 0.6) is 0 Å². The van der Waals surface area contributed by atoms with Crippen molar-refractivity contribution in [3.05, 3.63) is 72.5 Å². The van der Waals surface area contributed by atoms with Crippen LogP contribution in [0, 0.1) is 19.7 Å². The fourth-order valence-electron chi connectivity index (χ4n) is 2.28. The van der Waals surface area contributed by atoms with Gasteiger partial charge in [-0.2, -0.15) is 12.5 Å². The molecule has 0 N–H and O–H groups in total. The largest absolute Gasteiger partial charge is 0.269 e. The summed E-state index contributed by atoms with van der Waals surface area (Å²) in [5, 5.41) is 2.18. The Morgan fingerprint density at radius 3 is 2.65 bits per heavy atom. The van der Waals surface area contributed by atoms with Gasteiger partial charge in [-0.15, -0.1) is 17.7 Å². The molecule has 0 aliphatic carbocycles. The van der Waals surface area contributed by atoms with Crippen LogP contribution < -0.4 is 0 Å². The van der Waals surface area contributed by atoms with Gasteiger partial charge in [-0.05, 0) is 29.3 Å². The van der Waals surface area contributed by atoms with Gasteiger partial charge in [0, 0.05) is 32.0 Å². The average molecular weight is 443 g/mol. The number of aryl methyl sites for hydroxylation is 1. The molecule has 0 bridgehead atoms. The maximum atomic E-state index is 13.5. The molecule has 0 aliphatic rings. The van der Waals surface area contributed by atoms with Crippen molar-refractivity contribution in [3.63, 3.8) is 0 Å². The topological polar surface area (TPSA) is 12.9 Å². The van der Waals surface area contributed by atoms with Crippen molar-refractivity contribution >= 4 is 10.8 Å². The molecule has 20 heavy (non-hydrogen) atoms. The fourth-order valence-corrected chi connectivity index (χ4v) is 2.28. The zero-order valence-electron chi connectivity index (χ0n) is 11.0. The second-order valence-corrected chi connectivity index (χ2v) is 4.64. The molecule has 2 aromatic carbocycles. The van der Waals surface area contributed by atoms with Crippen LogP contribution in [-0.4, -0.2) is 4.98 Å². The molecule has 0 saturated heterocycles. The van der Waals surface area contributed by atoms with Crippen molar-refractivity contribution in [1.29, 1.82) is 0 Å². The third-order valence-electron chi connectivity index (χ3n) is 3.31. The van der Waals surface area contributed by atoms with E-state index in [-0.39, 0.29) is 25.9 Å². The smallest absolute Gasteiger partial charge is 0.0707 e. The van der Waals surface area contributed by atoms with Crippen molar-refractivity contribution in [2.45, 2.75) is 6.92 Å². The average Bonchev–Trinajstić information content (AvgIpc) is 2.42. The molecule has 0 unspecified atom stereocenters. The van der Waals surface area contributed by atoms with E-state index in [1.807, 2.05) is 36.4 Å². The van der Waals surface area contributed by atoms with Gasteiger partial charge in [-0.25, -0.2) is 4.39 Å². The van der Waals surface area contributed by atoms with Crippen LogP contribution in [0.15, 0.2) is 48.7 Å². The van der Waals surface area contributed by atoms with Gasteiger partial charge in [0.1, 0.15) is 0 Å². The number of fused-ring (bicyclic) bond motifs is 1. The zero-order chi connectivity index (χ0) is 13.4. The van der Waals surface area contributed by atoms with E-state index in [2.05, 4.69) is 11.9 Å². The molecule has 0 aliphatic heterocycles. The van der Waals surface area contributed by atoms with Crippen LogP contribution in [0.25, 0.3) is 22.0 Å². The molecule has 3 rings (SSSR count). The Bertz CT molecular complexity index is 763. The van der Waals surface area contributed by atoms with Gasteiger partial charge >= 0.3 is 0 Å². The normalized spacial score (nSPS) is 10.3. The minimum absolute atomic E-state index is 0. The maximum absolute atomic E-state index is 13.5. The van der Waals surface area contributed by atoms with Gasteiger partial charge in [0.2, 0.25) is 0 Å². The monoisotopic (exact) mass is 443 g/mol. The molecule has 0 amide bonds.